The quantitative estimate of drug-likeness (QED) is 0.0222. The molecule has 6 aromatic rings. The summed E-state index contributed by atoms with van der Waals surface area (Å²) in [5, 5.41) is 51.7. The lowest BCUT2D eigenvalue weighted by Gasteiger charge is -2.36. The number of piperazine rings is 1. The summed E-state index contributed by atoms with van der Waals surface area (Å²) >= 11 is 5.43. The van der Waals surface area contributed by atoms with E-state index in [1.165, 1.54) is 45.8 Å². The van der Waals surface area contributed by atoms with Crippen molar-refractivity contribution in [2.45, 2.75) is 192 Å². The van der Waals surface area contributed by atoms with Crippen molar-refractivity contribution in [3.05, 3.63) is 144 Å². The monoisotopic (exact) mass is 1660 g/mol. The third-order valence-corrected chi connectivity index (χ3v) is 21.2. The molecular weight excluding hydrogens is 1560 g/mol. The third-order valence-electron chi connectivity index (χ3n) is 20.9. The molecule has 6 fully saturated rings. The minimum absolute atomic E-state index is 0.00541. The van der Waals surface area contributed by atoms with E-state index in [1.54, 1.807) is 44.0 Å². The van der Waals surface area contributed by atoms with Crippen LogP contribution in [0, 0.1) is 31.6 Å². The van der Waals surface area contributed by atoms with Crippen molar-refractivity contribution in [2.75, 3.05) is 121 Å². The molecule has 37 heteroatoms. The number of carbonyl (C=O) groups is 8. The summed E-state index contributed by atoms with van der Waals surface area (Å²) < 4.78 is 24.2. The van der Waals surface area contributed by atoms with E-state index in [2.05, 4.69) is 92.0 Å². The first-order valence-electron chi connectivity index (χ1n) is 39.7. The second kappa shape index (κ2) is 41.0. The number of hydrogen-bond donors (Lipinski definition) is 5. The molecular formula is C82H103ClN18O18. The largest absolute Gasteiger partial charge is 0.465 e. The van der Waals surface area contributed by atoms with E-state index in [9.17, 15) is 58.6 Å². The summed E-state index contributed by atoms with van der Waals surface area (Å²) in [5.74, 6) is 0.485. The van der Waals surface area contributed by atoms with Crippen LogP contribution in [0.25, 0.3) is 0 Å². The van der Waals surface area contributed by atoms with Gasteiger partial charge in [0.15, 0.2) is 17.5 Å². The van der Waals surface area contributed by atoms with Crippen LogP contribution in [-0.2, 0) is 60.8 Å². The number of methoxy groups -OCH3 is 3. The number of fused-ring (bicyclic) bond motifs is 9. The number of hydrogen-bond acceptors (Lipinski definition) is 31. The number of carbonyl (C=O) groups excluding carboxylic acids is 8. The number of aliphatic hydroxyl groups is 1. The highest BCUT2D eigenvalue weighted by molar-refractivity contribution is 6.31. The molecule has 119 heavy (non-hydrogen) atoms. The van der Waals surface area contributed by atoms with Gasteiger partial charge in [0.05, 0.1) is 96.0 Å². The Kier molecular flexibility index (Phi) is 30.9. The number of aromatic nitrogens is 5. The molecule has 9 aliphatic heterocycles. The van der Waals surface area contributed by atoms with Gasteiger partial charge >= 0.3 is 41.2 Å². The van der Waals surface area contributed by atoms with Gasteiger partial charge in [0.1, 0.15) is 11.2 Å². The van der Waals surface area contributed by atoms with Gasteiger partial charge in [-0.05, 0) is 166 Å². The van der Waals surface area contributed by atoms with Crippen molar-refractivity contribution < 1.29 is 77.0 Å². The van der Waals surface area contributed by atoms with Crippen molar-refractivity contribution >= 4 is 117 Å². The topological polar surface area (TPSA) is 445 Å². The number of nitriles is 1. The predicted molar refractivity (Wildman–Crippen MR) is 441 cm³/mol. The van der Waals surface area contributed by atoms with Crippen molar-refractivity contribution in [2.24, 2.45) is 0 Å². The number of amides is 3. The minimum Gasteiger partial charge on any atom is -0.465 e. The molecule has 5 unspecified atom stereocenters. The fourth-order valence-electron chi connectivity index (χ4n) is 15.5. The lowest BCUT2D eigenvalue weighted by molar-refractivity contribution is -0.385. The summed E-state index contributed by atoms with van der Waals surface area (Å²) in [6.45, 7) is 20.1. The Labute approximate surface area is 694 Å². The molecule has 9 aliphatic rings. The fourth-order valence-corrected chi connectivity index (χ4v) is 15.6. The Morgan fingerprint density at radius 1 is 0.538 bits per heavy atom. The normalized spacial score (nSPS) is 19.4. The second-order valence-electron chi connectivity index (χ2n) is 31.8. The Morgan fingerprint density at radius 3 is 1.43 bits per heavy atom. The van der Waals surface area contributed by atoms with Gasteiger partial charge in [0, 0.05) is 157 Å². The van der Waals surface area contributed by atoms with Gasteiger partial charge in [-0.3, -0.25) is 49.1 Å². The highest BCUT2D eigenvalue weighted by atomic mass is 35.5. The predicted octanol–water partition coefficient (Wildman–Crippen LogP) is 10.0. The lowest BCUT2D eigenvalue weighted by Crippen LogP contribution is -2.46. The summed E-state index contributed by atoms with van der Waals surface area (Å²) in [6.07, 6.45) is 19.9. The molecule has 15 rings (SSSR count). The van der Waals surface area contributed by atoms with Gasteiger partial charge < -0.3 is 74.6 Å². The summed E-state index contributed by atoms with van der Waals surface area (Å²) in [7, 11) is 3.69. The van der Waals surface area contributed by atoms with Crippen LogP contribution in [0.3, 0.4) is 0 Å². The average molecular weight is 1660 g/mol. The summed E-state index contributed by atoms with van der Waals surface area (Å²) in [5.41, 5.74) is 4.60. The Balaban J connectivity index is 0.000000154. The van der Waals surface area contributed by atoms with Crippen molar-refractivity contribution in [3.8, 4) is 6.07 Å². The lowest BCUT2D eigenvalue weighted by atomic mass is 10.1. The zero-order valence-electron chi connectivity index (χ0n) is 68.4. The standard InChI is InChI=1S/C23H26N6O.C17H23N3O6.C13H15N3O3.C12H15N3O2.C10H19NO2.C7H5ClN2O4/c24-14-17-3-5-19(6-4-17)28-10-8-27(9-11-28)16-18-12-21-23(25-15-18)29-7-1-2-20(29)13-22(30)26-21;1-17(2,3)26-14(21)9-12-6-5-7-19(12)15-13(20(23)24)8-11(10-18-15)16(22)25-4;1-19-13(18)8-5-10-12(14-7-8)16-4-2-3-9(16)6-11(17)15-10;16-7-8-4-10-12(13-6-8)15-3-1-2-9(15)5-11(17)14-10;1-10(2,3)13-9(12)7-8-5-4-6-11-8;1-14-7(11)4-2-5(10(12)13)6(8)9-3-4/h3-6,12,15,20H,1-2,7-11,13,16H2,(H,26,30);8,10,12H,5-7,9H2,1-4H3;5,7,9H,2-4,6H2,1H3,(H,15,17);4,6,9,16H,1-3,5,7H2,(H,14,17);8,11H,4-7H2,1-3H3;2-3H,1H3. The number of ether oxygens (including phenoxy) is 5. The molecule has 0 bridgehead atoms. The van der Waals surface area contributed by atoms with Crippen LogP contribution in [0.2, 0.25) is 5.15 Å². The zero-order valence-corrected chi connectivity index (χ0v) is 69.1. The third kappa shape index (κ3) is 24.7. The maximum Gasteiger partial charge on any atom is 0.339 e. The fraction of sp³-hybridized carbons (Fsp3) is 0.512. The van der Waals surface area contributed by atoms with Gasteiger partial charge in [-0.2, -0.15) is 5.26 Å². The number of nitro groups is 2. The number of aliphatic hydroxyl groups excluding tert-OH is 1. The zero-order chi connectivity index (χ0) is 85.8. The Bertz CT molecular complexity index is 4720. The number of rotatable bonds is 14. The smallest absolute Gasteiger partial charge is 0.339 e. The molecule has 0 saturated carbocycles. The molecule has 1 aromatic carbocycles. The van der Waals surface area contributed by atoms with Crippen molar-refractivity contribution in [1.82, 2.24) is 35.1 Å². The van der Waals surface area contributed by atoms with E-state index in [4.69, 9.17) is 36.4 Å². The Hall–Kier alpha value is -11.8. The van der Waals surface area contributed by atoms with Crippen LogP contribution < -0.4 is 45.8 Å². The molecule has 3 amide bonds. The molecule has 5 aromatic heterocycles. The van der Waals surface area contributed by atoms with E-state index < -0.39 is 39.0 Å². The molecule has 6 saturated heterocycles. The highest BCUT2D eigenvalue weighted by Crippen LogP contribution is 2.40. The maximum absolute atomic E-state index is 12.3. The number of nitrogens with zero attached hydrogens (tertiary/aromatic N) is 14. The molecule has 0 radical (unpaired) electrons. The first-order chi connectivity index (χ1) is 56.8. The highest BCUT2D eigenvalue weighted by Gasteiger charge is 2.38. The Morgan fingerprint density at radius 2 is 0.966 bits per heavy atom. The van der Waals surface area contributed by atoms with E-state index in [1.807, 2.05) is 51.2 Å². The average Bonchev–Trinajstić information content (AvgIpc) is 1.68. The van der Waals surface area contributed by atoms with Gasteiger partial charge in [0.2, 0.25) is 28.7 Å². The molecule has 36 nitrogen and oxygen atoms in total. The van der Waals surface area contributed by atoms with E-state index in [0.717, 1.165) is 169 Å². The van der Waals surface area contributed by atoms with Crippen LogP contribution in [0.1, 0.15) is 186 Å². The van der Waals surface area contributed by atoms with E-state index in [-0.39, 0.29) is 94.2 Å². The first kappa shape index (κ1) is 89.5. The van der Waals surface area contributed by atoms with Gasteiger partial charge in [-0.25, -0.2) is 39.3 Å². The second-order valence-corrected chi connectivity index (χ2v) is 32.1. The van der Waals surface area contributed by atoms with Crippen molar-refractivity contribution in [1.29, 1.82) is 5.26 Å². The van der Waals surface area contributed by atoms with Crippen LogP contribution >= 0.6 is 11.6 Å². The number of nitrogens with one attached hydrogen (secondary N) is 4. The van der Waals surface area contributed by atoms with E-state index >= 15 is 0 Å². The number of esters is 5. The van der Waals surface area contributed by atoms with Gasteiger partial charge in [-0.15, -0.1) is 0 Å². The van der Waals surface area contributed by atoms with E-state index in [0.29, 0.717) is 67.5 Å². The maximum atomic E-state index is 12.3. The number of benzene rings is 1. The van der Waals surface area contributed by atoms with Crippen LogP contribution in [-0.4, -0.2) is 214 Å². The van der Waals surface area contributed by atoms with Crippen molar-refractivity contribution in [3.63, 3.8) is 0 Å². The minimum atomic E-state index is -0.720. The van der Waals surface area contributed by atoms with Gasteiger partial charge in [-0.1, -0.05) is 11.6 Å². The molecule has 0 spiro atoms. The first-order valence-corrected chi connectivity index (χ1v) is 40.1. The number of anilines is 8. The number of halogens is 1. The molecule has 5 N–H and O–H groups in total. The van der Waals surface area contributed by atoms with Gasteiger partial charge in [0.25, 0.3) is 0 Å². The number of pyridine rings is 5. The van der Waals surface area contributed by atoms with Crippen LogP contribution in [0.15, 0.2) is 85.6 Å². The molecule has 14 heterocycles. The van der Waals surface area contributed by atoms with Crippen LogP contribution in [0.5, 0.6) is 0 Å². The SMILES string of the molecule is CC(C)(C)OC(=O)CC1CCCN1.COC(=O)c1cnc(Cl)c([N+](=O)[O-])c1.COC(=O)c1cnc(N2CCCC2CC(=O)OC(C)(C)C)c([N+](=O)[O-])c1.COC(=O)c1cnc2c(c1)NC(=O)CC1CCCN21.N#Cc1ccc(N2CCN(Cc3cnc4c(c3)NC(=O)CC3CCCN43)CC2)cc1.O=C1CC2CCCN2c2ncc(CO)cc2N1. The molecule has 5 atom stereocenters. The summed E-state index contributed by atoms with van der Waals surface area (Å²) in [4.78, 5) is 148. The van der Waals surface area contributed by atoms with Crippen LogP contribution in [0.4, 0.5) is 57.4 Å². The molecule has 636 valence electrons. The molecule has 0 aliphatic carbocycles. The summed E-state index contributed by atoms with van der Waals surface area (Å²) in [6, 6.07) is 18.6.